The van der Waals surface area contributed by atoms with Gasteiger partial charge in [0.15, 0.2) is 12.1 Å². The number of ether oxygens (including phenoxy) is 1. The molecule has 0 radical (unpaired) electrons. The maximum absolute atomic E-state index is 11.6. The average molecular weight is 184 g/mol. The van der Waals surface area contributed by atoms with Gasteiger partial charge in [0, 0.05) is 0 Å². The Labute approximate surface area is 78.4 Å². The van der Waals surface area contributed by atoms with Crippen LogP contribution in [-0.4, -0.2) is 22.8 Å². The summed E-state index contributed by atoms with van der Waals surface area (Å²) in [7, 11) is 0. The Bertz CT molecular complexity index is 249. The van der Waals surface area contributed by atoms with Crippen molar-refractivity contribution < 1.29 is 14.6 Å². The van der Waals surface area contributed by atoms with E-state index in [2.05, 4.69) is 0 Å². The largest absolute Gasteiger partial charge is 0.365 e. The summed E-state index contributed by atoms with van der Waals surface area (Å²) in [5.41, 5.74) is -1.25. The lowest BCUT2D eigenvalue weighted by Gasteiger charge is -2.42. The van der Waals surface area contributed by atoms with E-state index in [0.29, 0.717) is 0 Å². The highest BCUT2D eigenvalue weighted by atomic mass is 16.6. The molecule has 3 nitrogen and oxygen atoms in total. The van der Waals surface area contributed by atoms with Crippen molar-refractivity contribution in [3.05, 3.63) is 12.2 Å². The number of carbonyl (C=O) groups excluding carboxylic acids is 1. The SMILES string of the molecule is CC(C)(C)C1(C)OC(O)C=CC1=O. The third-order valence-corrected chi connectivity index (χ3v) is 2.67. The van der Waals surface area contributed by atoms with E-state index in [1.807, 2.05) is 20.8 Å². The van der Waals surface area contributed by atoms with Crippen molar-refractivity contribution in [3.63, 3.8) is 0 Å². The highest BCUT2D eigenvalue weighted by Crippen LogP contribution is 2.37. The number of ketones is 1. The molecule has 1 aliphatic heterocycles. The predicted octanol–water partition coefficient (Wildman–Crippen LogP) is 1.27. The van der Waals surface area contributed by atoms with Crippen molar-refractivity contribution in [2.45, 2.75) is 39.6 Å². The van der Waals surface area contributed by atoms with Crippen LogP contribution in [0, 0.1) is 5.41 Å². The molecule has 0 aromatic heterocycles. The maximum Gasteiger partial charge on any atom is 0.187 e. The lowest BCUT2D eigenvalue weighted by atomic mass is 9.74. The quantitative estimate of drug-likeness (QED) is 0.616. The second-order valence-corrected chi connectivity index (χ2v) is 4.52. The molecule has 74 valence electrons. The first-order chi connectivity index (χ1) is 5.77. The number of carbonyl (C=O) groups is 1. The van der Waals surface area contributed by atoms with E-state index in [-0.39, 0.29) is 11.2 Å². The molecule has 0 aliphatic carbocycles. The molecule has 0 amide bonds. The van der Waals surface area contributed by atoms with Gasteiger partial charge in [-0.25, -0.2) is 0 Å². The minimum atomic E-state index is -0.970. The van der Waals surface area contributed by atoms with Crippen LogP contribution >= 0.6 is 0 Å². The first kappa shape index (κ1) is 10.4. The molecule has 0 saturated carbocycles. The van der Waals surface area contributed by atoms with Crippen LogP contribution in [0.15, 0.2) is 12.2 Å². The summed E-state index contributed by atoms with van der Waals surface area (Å²) < 4.78 is 5.27. The summed E-state index contributed by atoms with van der Waals surface area (Å²) in [4.78, 5) is 11.6. The summed E-state index contributed by atoms with van der Waals surface area (Å²) >= 11 is 0. The van der Waals surface area contributed by atoms with Crippen LogP contribution in [0.1, 0.15) is 27.7 Å². The first-order valence-electron chi connectivity index (χ1n) is 4.36. The van der Waals surface area contributed by atoms with Crippen molar-refractivity contribution in [3.8, 4) is 0 Å². The van der Waals surface area contributed by atoms with Gasteiger partial charge in [0.2, 0.25) is 0 Å². The van der Waals surface area contributed by atoms with Gasteiger partial charge in [0.25, 0.3) is 0 Å². The minimum Gasteiger partial charge on any atom is -0.365 e. The lowest BCUT2D eigenvalue weighted by molar-refractivity contribution is -0.199. The summed E-state index contributed by atoms with van der Waals surface area (Å²) in [5, 5.41) is 9.26. The van der Waals surface area contributed by atoms with Crippen LogP contribution < -0.4 is 0 Å². The zero-order chi connectivity index (χ0) is 10.3. The van der Waals surface area contributed by atoms with Crippen molar-refractivity contribution in [2.24, 2.45) is 5.41 Å². The lowest BCUT2D eigenvalue weighted by Crippen LogP contribution is -2.52. The number of aliphatic hydroxyl groups excluding tert-OH is 1. The molecule has 13 heavy (non-hydrogen) atoms. The first-order valence-corrected chi connectivity index (χ1v) is 4.36. The van der Waals surface area contributed by atoms with Crippen molar-refractivity contribution in [1.82, 2.24) is 0 Å². The normalized spacial score (nSPS) is 35.2. The highest BCUT2D eigenvalue weighted by Gasteiger charge is 2.47. The molecule has 0 aromatic rings. The van der Waals surface area contributed by atoms with Gasteiger partial charge >= 0.3 is 0 Å². The second-order valence-electron chi connectivity index (χ2n) is 4.52. The van der Waals surface area contributed by atoms with Gasteiger partial charge in [0.05, 0.1) is 0 Å². The van der Waals surface area contributed by atoms with Crippen LogP contribution in [-0.2, 0) is 9.53 Å². The number of aliphatic hydroxyl groups is 1. The van der Waals surface area contributed by atoms with Gasteiger partial charge in [0.1, 0.15) is 5.60 Å². The molecule has 0 aromatic carbocycles. The Morgan fingerprint density at radius 3 is 2.46 bits per heavy atom. The van der Waals surface area contributed by atoms with Crippen molar-refractivity contribution in [1.29, 1.82) is 0 Å². The van der Waals surface area contributed by atoms with Crippen LogP contribution in [0.2, 0.25) is 0 Å². The molecule has 2 atom stereocenters. The predicted molar refractivity (Wildman–Crippen MR) is 49.1 cm³/mol. The molecular weight excluding hydrogens is 168 g/mol. The van der Waals surface area contributed by atoms with Gasteiger partial charge in [-0.3, -0.25) is 4.79 Å². The number of hydrogen-bond donors (Lipinski definition) is 1. The Hall–Kier alpha value is -0.670. The van der Waals surface area contributed by atoms with Crippen LogP contribution in [0.25, 0.3) is 0 Å². The third-order valence-electron chi connectivity index (χ3n) is 2.67. The zero-order valence-electron chi connectivity index (χ0n) is 8.50. The van der Waals surface area contributed by atoms with E-state index in [1.165, 1.54) is 12.2 Å². The van der Waals surface area contributed by atoms with E-state index in [0.717, 1.165) is 0 Å². The molecule has 0 spiro atoms. The summed E-state index contributed by atoms with van der Waals surface area (Å²) in [6.45, 7) is 7.45. The second kappa shape index (κ2) is 2.93. The van der Waals surface area contributed by atoms with Gasteiger partial charge in [-0.15, -0.1) is 0 Å². The summed E-state index contributed by atoms with van der Waals surface area (Å²) in [6.07, 6.45) is 1.77. The Morgan fingerprint density at radius 1 is 1.54 bits per heavy atom. The topological polar surface area (TPSA) is 46.5 Å². The fourth-order valence-electron chi connectivity index (χ4n) is 1.21. The third kappa shape index (κ3) is 1.67. The van der Waals surface area contributed by atoms with E-state index in [9.17, 15) is 9.90 Å². The molecule has 1 rings (SSSR count). The van der Waals surface area contributed by atoms with E-state index >= 15 is 0 Å². The van der Waals surface area contributed by atoms with Crippen LogP contribution in [0.3, 0.4) is 0 Å². The smallest absolute Gasteiger partial charge is 0.187 e. The molecule has 0 bridgehead atoms. The molecule has 0 saturated heterocycles. The number of hydrogen-bond acceptors (Lipinski definition) is 3. The molecule has 1 aliphatic rings. The van der Waals surface area contributed by atoms with Gasteiger partial charge in [-0.1, -0.05) is 20.8 Å². The average Bonchev–Trinajstić information content (AvgIpc) is 1.95. The minimum absolute atomic E-state index is 0.0923. The molecule has 2 unspecified atom stereocenters. The Balaban J connectivity index is 3.03. The van der Waals surface area contributed by atoms with Crippen molar-refractivity contribution in [2.75, 3.05) is 0 Å². The van der Waals surface area contributed by atoms with Crippen LogP contribution in [0.4, 0.5) is 0 Å². The molecular formula is C10H16O3. The van der Waals surface area contributed by atoms with E-state index in [4.69, 9.17) is 4.74 Å². The van der Waals surface area contributed by atoms with Gasteiger partial charge in [-0.05, 0) is 24.5 Å². The van der Waals surface area contributed by atoms with Gasteiger partial charge < -0.3 is 9.84 Å². The monoisotopic (exact) mass is 184 g/mol. The molecule has 1 heterocycles. The zero-order valence-corrected chi connectivity index (χ0v) is 8.50. The van der Waals surface area contributed by atoms with Crippen LogP contribution in [0.5, 0.6) is 0 Å². The Morgan fingerprint density at radius 2 is 2.08 bits per heavy atom. The molecule has 3 heteroatoms. The highest BCUT2D eigenvalue weighted by molar-refractivity contribution is 5.98. The van der Waals surface area contributed by atoms with E-state index in [1.54, 1.807) is 6.92 Å². The number of rotatable bonds is 0. The summed E-state index contributed by atoms with van der Waals surface area (Å²) in [5.74, 6) is -0.0923. The van der Waals surface area contributed by atoms with E-state index < -0.39 is 11.9 Å². The Kier molecular flexibility index (Phi) is 2.34. The fourth-order valence-corrected chi connectivity index (χ4v) is 1.21. The maximum atomic E-state index is 11.6. The van der Waals surface area contributed by atoms with Crippen molar-refractivity contribution >= 4 is 5.78 Å². The summed E-state index contributed by atoms with van der Waals surface area (Å²) in [6, 6.07) is 0. The fraction of sp³-hybridized carbons (Fsp3) is 0.700. The molecule has 1 N–H and O–H groups in total. The molecule has 0 fully saturated rings. The van der Waals surface area contributed by atoms with Gasteiger partial charge in [-0.2, -0.15) is 0 Å². The standard InChI is InChI=1S/C10H16O3/c1-9(2,3)10(4)7(11)5-6-8(12)13-10/h5-6,8,12H,1-4H3.